The summed E-state index contributed by atoms with van der Waals surface area (Å²) < 4.78 is 0. The minimum absolute atomic E-state index is 0.301. The Morgan fingerprint density at radius 2 is 1.77 bits per heavy atom. The normalized spacial score (nSPS) is 21.3. The third-order valence-electron chi connectivity index (χ3n) is 6.31. The average Bonchev–Trinajstić information content (AvgIpc) is 3.40. The molecule has 3 heterocycles. The highest BCUT2D eigenvalue weighted by atomic mass is 32.1. The van der Waals surface area contributed by atoms with E-state index in [1.165, 1.54) is 35.1 Å². The molecule has 0 aromatic carbocycles. The lowest BCUT2D eigenvalue weighted by atomic mass is 9.84. The van der Waals surface area contributed by atoms with E-state index in [0.717, 1.165) is 55.5 Å². The van der Waals surface area contributed by atoms with Crippen LogP contribution in [0.1, 0.15) is 54.3 Å². The summed E-state index contributed by atoms with van der Waals surface area (Å²) in [5.41, 5.74) is 1.32. The van der Waals surface area contributed by atoms with E-state index in [4.69, 9.17) is 9.97 Å². The SMILES string of the molecule is Cc1sc2nc(C3CC3)nc(N3CCN(C(=O)C4CCC4)CC3)c2c1C. The zero-order chi connectivity index (χ0) is 17.8. The summed E-state index contributed by atoms with van der Waals surface area (Å²) in [5.74, 6) is 3.37. The Bertz CT molecular complexity index is 860. The quantitative estimate of drug-likeness (QED) is 0.828. The second kappa shape index (κ2) is 6.19. The van der Waals surface area contributed by atoms with Gasteiger partial charge in [0.2, 0.25) is 5.91 Å². The fourth-order valence-corrected chi connectivity index (χ4v) is 5.08. The highest BCUT2D eigenvalue weighted by molar-refractivity contribution is 7.18. The van der Waals surface area contributed by atoms with Crippen molar-refractivity contribution in [2.75, 3.05) is 31.1 Å². The van der Waals surface area contributed by atoms with Crippen molar-refractivity contribution in [1.29, 1.82) is 0 Å². The van der Waals surface area contributed by atoms with Gasteiger partial charge in [-0.2, -0.15) is 0 Å². The highest BCUT2D eigenvalue weighted by Crippen LogP contribution is 2.42. The van der Waals surface area contributed by atoms with Crippen molar-refractivity contribution in [1.82, 2.24) is 14.9 Å². The molecule has 0 spiro atoms. The molecule has 0 atom stereocenters. The van der Waals surface area contributed by atoms with Gasteiger partial charge in [-0.1, -0.05) is 6.42 Å². The second-order valence-corrected chi connectivity index (χ2v) is 9.29. The van der Waals surface area contributed by atoms with Gasteiger partial charge in [-0.25, -0.2) is 9.97 Å². The topological polar surface area (TPSA) is 49.3 Å². The first-order chi connectivity index (χ1) is 12.6. The fourth-order valence-electron chi connectivity index (χ4n) is 4.05. The molecule has 2 aromatic heterocycles. The molecule has 1 saturated heterocycles. The maximum absolute atomic E-state index is 12.5. The number of carbonyl (C=O) groups is 1. The van der Waals surface area contributed by atoms with Crippen molar-refractivity contribution in [3.05, 3.63) is 16.3 Å². The van der Waals surface area contributed by atoms with Crippen molar-refractivity contribution in [3.63, 3.8) is 0 Å². The monoisotopic (exact) mass is 370 g/mol. The average molecular weight is 371 g/mol. The molecule has 0 radical (unpaired) electrons. The number of amides is 1. The maximum atomic E-state index is 12.5. The van der Waals surface area contributed by atoms with Gasteiger partial charge in [-0.3, -0.25) is 4.79 Å². The Balaban J connectivity index is 1.42. The van der Waals surface area contributed by atoms with Gasteiger partial charge in [0.1, 0.15) is 16.5 Å². The first-order valence-corrected chi connectivity index (χ1v) is 10.7. The van der Waals surface area contributed by atoms with Crippen molar-refractivity contribution in [2.24, 2.45) is 5.92 Å². The molecular formula is C20H26N4OS. The Hall–Kier alpha value is -1.69. The Labute approximate surface area is 158 Å². The van der Waals surface area contributed by atoms with Gasteiger partial charge in [0.15, 0.2) is 0 Å². The van der Waals surface area contributed by atoms with Crippen LogP contribution in [0.2, 0.25) is 0 Å². The lowest BCUT2D eigenvalue weighted by Gasteiger charge is -2.39. The smallest absolute Gasteiger partial charge is 0.225 e. The van der Waals surface area contributed by atoms with Gasteiger partial charge < -0.3 is 9.80 Å². The van der Waals surface area contributed by atoms with E-state index in [-0.39, 0.29) is 0 Å². The number of fused-ring (bicyclic) bond motifs is 1. The van der Waals surface area contributed by atoms with Crippen LogP contribution in [0.25, 0.3) is 10.2 Å². The number of anilines is 1. The standard InChI is InChI=1S/C20H26N4OS/c1-12-13(2)26-19-16(12)18(21-17(22-19)14-6-7-14)23-8-10-24(11-9-23)20(25)15-4-3-5-15/h14-15H,3-11H2,1-2H3. The van der Waals surface area contributed by atoms with Gasteiger partial charge in [0, 0.05) is 42.9 Å². The third kappa shape index (κ3) is 2.70. The molecule has 0 N–H and O–H groups in total. The van der Waals surface area contributed by atoms with Gasteiger partial charge in [-0.15, -0.1) is 11.3 Å². The van der Waals surface area contributed by atoms with E-state index in [0.29, 0.717) is 17.7 Å². The molecule has 26 heavy (non-hydrogen) atoms. The van der Waals surface area contributed by atoms with Crippen LogP contribution >= 0.6 is 11.3 Å². The highest BCUT2D eigenvalue weighted by Gasteiger charge is 2.33. The van der Waals surface area contributed by atoms with Gasteiger partial charge in [-0.05, 0) is 45.1 Å². The van der Waals surface area contributed by atoms with E-state index in [9.17, 15) is 4.79 Å². The van der Waals surface area contributed by atoms with Crippen LogP contribution in [0, 0.1) is 19.8 Å². The molecule has 5 nitrogen and oxygen atoms in total. The number of aromatic nitrogens is 2. The molecule has 3 aliphatic rings. The lowest BCUT2D eigenvalue weighted by Crippen LogP contribution is -2.51. The van der Waals surface area contributed by atoms with Crippen molar-refractivity contribution >= 4 is 33.3 Å². The van der Waals surface area contributed by atoms with Crippen LogP contribution in [0.15, 0.2) is 0 Å². The molecular weight excluding hydrogens is 344 g/mol. The van der Waals surface area contributed by atoms with E-state index < -0.39 is 0 Å². The summed E-state index contributed by atoms with van der Waals surface area (Å²) in [6.07, 6.45) is 5.83. The minimum atomic E-state index is 0.301. The number of hydrogen-bond donors (Lipinski definition) is 0. The predicted molar refractivity (Wildman–Crippen MR) is 105 cm³/mol. The molecule has 1 aliphatic heterocycles. The van der Waals surface area contributed by atoms with Gasteiger partial charge in [0.25, 0.3) is 0 Å². The Kier molecular flexibility index (Phi) is 3.92. The molecule has 3 fully saturated rings. The van der Waals surface area contributed by atoms with Crippen LogP contribution in [0.4, 0.5) is 5.82 Å². The number of carbonyl (C=O) groups excluding carboxylic acids is 1. The van der Waals surface area contributed by atoms with E-state index in [2.05, 4.69) is 23.6 Å². The minimum Gasteiger partial charge on any atom is -0.352 e. The maximum Gasteiger partial charge on any atom is 0.225 e. The molecule has 2 saturated carbocycles. The number of piperazine rings is 1. The summed E-state index contributed by atoms with van der Waals surface area (Å²) in [5, 5.41) is 1.23. The van der Waals surface area contributed by atoms with Crippen LogP contribution in [0.3, 0.4) is 0 Å². The van der Waals surface area contributed by atoms with Crippen molar-refractivity contribution in [2.45, 2.75) is 51.9 Å². The van der Waals surface area contributed by atoms with Crippen LogP contribution < -0.4 is 4.90 Å². The second-order valence-electron chi connectivity index (χ2n) is 8.08. The zero-order valence-electron chi connectivity index (χ0n) is 15.6. The predicted octanol–water partition coefficient (Wildman–Crippen LogP) is 3.63. The summed E-state index contributed by atoms with van der Waals surface area (Å²) in [6, 6.07) is 0. The fraction of sp³-hybridized carbons (Fsp3) is 0.650. The molecule has 0 bridgehead atoms. The van der Waals surface area contributed by atoms with E-state index in [1.54, 1.807) is 11.3 Å². The van der Waals surface area contributed by atoms with Gasteiger partial charge in [0.05, 0.1) is 5.39 Å². The number of nitrogens with zero attached hydrogens (tertiary/aromatic N) is 4. The summed E-state index contributed by atoms with van der Waals surface area (Å²) >= 11 is 1.79. The number of aryl methyl sites for hydroxylation is 2. The van der Waals surface area contributed by atoms with Crippen molar-refractivity contribution < 1.29 is 4.79 Å². The first-order valence-electron chi connectivity index (χ1n) is 9.93. The molecule has 0 unspecified atom stereocenters. The summed E-state index contributed by atoms with van der Waals surface area (Å²) in [4.78, 5) is 29.4. The molecule has 138 valence electrons. The summed E-state index contributed by atoms with van der Waals surface area (Å²) in [7, 11) is 0. The Morgan fingerprint density at radius 3 is 2.38 bits per heavy atom. The lowest BCUT2D eigenvalue weighted by molar-refractivity contribution is -0.138. The third-order valence-corrected chi connectivity index (χ3v) is 7.42. The first kappa shape index (κ1) is 16.5. The van der Waals surface area contributed by atoms with E-state index in [1.807, 2.05) is 0 Å². The van der Waals surface area contributed by atoms with E-state index >= 15 is 0 Å². The zero-order valence-corrected chi connectivity index (χ0v) is 16.4. The van der Waals surface area contributed by atoms with Crippen LogP contribution in [-0.4, -0.2) is 47.0 Å². The summed E-state index contributed by atoms with van der Waals surface area (Å²) in [6.45, 7) is 7.77. The van der Waals surface area contributed by atoms with Gasteiger partial charge >= 0.3 is 0 Å². The molecule has 5 rings (SSSR count). The van der Waals surface area contributed by atoms with Crippen LogP contribution in [0.5, 0.6) is 0 Å². The van der Waals surface area contributed by atoms with Crippen LogP contribution in [-0.2, 0) is 4.79 Å². The molecule has 2 aliphatic carbocycles. The number of rotatable bonds is 3. The van der Waals surface area contributed by atoms with Crippen molar-refractivity contribution in [3.8, 4) is 0 Å². The number of thiophene rings is 1. The number of hydrogen-bond acceptors (Lipinski definition) is 5. The molecule has 6 heteroatoms. The molecule has 2 aromatic rings. The Morgan fingerprint density at radius 1 is 1.04 bits per heavy atom. The molecule has 1 amide bonds. The largest absolute Gasteiger partial charge is 0.352 e.